The van der Waals surface area contributed by atoms with Crippen LogP contribution >= 0.6 is 0 Å². The summed E-state index contributed by atoms with van der Waals surface area (Å²) in [4.78, 5) is 34.6. The van der Waals surface area contributed by atoms with Gasteiger partial charge in [0, 0.05) is 42.7 Å². The summed E-state index contributed by atoms with van der Waals surface area (Å²) in [6.07, 6.45) is 0. The second-order valence-corrected chi connectivity index (χ2v) is 8.39. The van der Waals surface area contributed by atoms with Crippen molar-refractivity contribution in [3.63, 3.8) is 0 Å². The Morgan fingerprint density at radius 1 is 0.829 bits per heavy atom. The van der Waals surface area contributed by atoms with E-state index < -0.39 is 0 Å². The van der Waals surface area contributed by atoms with Gasteiger partial charge in [-0.15, -0.1) is 0 Å². The standard InChI is InChI=1S/C28H24FN3O3/c1-35-22-12-8-19(9-13-22)26-18-24(23-4-2-3-5-25(23)30-26)28(34)32-16-14-31(15-17-32)27(33)20-6-10-21(29)11-7-20/h2-13,18H,14-17H2,1H3. The Morgan fingerprint density at radius 2 is 1.46 bits per heavy atom. The van der Waals surface area contributed by atoms with E-state index in [4.69, 9.17) is 9.72 Å². The molecule has 35 heavy (non-hydrogen) atoms. The van der Waals surface area contributed by atoms with E-state index in [9.17, 15) is 14.0 Å². The van der Waals surface area contributed by atoms with Crippen molar-refractivity contribution in [3.8, 4) is 17.0 Å². The molecule has 0 unspecified atom stereocenters. The molecule has 176 valence electrons. The average molecular weight is 470 g/mol. The molecule has 1 aliphatic rings. The predicted octanol–water partition coefficient (Wildman–Crippen LogP) is 4.65. The Bertz CT molecular complexity index is 1380. The number of methoxy groups -OCH3 is 1. The van der Waals surface area contributed by atoms with Crippen molar-refractivity contribution >= 4 is 22.7 Å². The van der Waals surface area contributed by atoms with Crippen LogP contribution in [0.4, 0.5) is 4.39 Å². The summed E-state index contributed by atoms with van der Waals surface area (Å²) in [5, 5.41) is 0.791. The number of hydrogen-bond acceptors (Lipinski definition) is 4. The van der Waals surface area contributed by atoms with Crippen LogP contribution < -0.4 is 4.74 Å². The van der Waals surface area contributed by atoms with Crippen LogP contribution in [0.15, 0.2) is 78.9 Å². The van der Waals surface area contributed by atoms with E-state index in [0.717, 1.165) is 22.2 Å². The van der Waals surface area contributed by atoms with E-state index in [0.29, 0.717) is 43.0 Å². The zero-order valence-corrected chi connectivity index (χ0v) is 19.3. The molecule has 6 nitrogen and oxygen atoms in total. The number of carbonyl (C=O) groups excluding carboxylic acids is 2. The van der Waals surface area contributed by atoms with Gasteiger partial charge < -0.3 is 14.5 Å². The third kappa shape index (κ3) is 4.57. The first-order chi connectivity index (χ1) is 17.0. The zero-order chi connectivity index (χ0) is 24.4. The Morgan fingerprint density at radius 3 is 2.11 bits per heavy atom. The van der Waals surface area contributed by atoms with Crippen molar-refractivity contribution in [3.05, 3.63) is 95.8 Å². The first-order valence-corrected chi connectivity index (χ1v) is 11.4. The Labute approximate surface area is 202 Å². The van der Waals surface area contributed by atoms with E-state index in [1.54, 1.807) is 16.9 Å². The number of rotatable bonds is 4. The van der Waals surface area contributed by atoms with Crippen LogP contribution in [0.1, 0.15) is 20.7 Å². The second-order valence-electron chi connectivity index (χ2n) is 8.39. The largest absolute Gasteiger partial charge is 0.497 e. The second kappa shape index (κ2) is 9.54. The minimum absolute atomic E-state index is 0.0905. The van der Waals surface area contributed by atoms with Gasteiger partial charge in [-0.05, 0) is 60.7 Å². The number of halogens is 1. The van der Waals surface area contributed by atoms with E-state index >= 15 is 0 Å². The minimum atomic E-state index is -0.379. The molecule has 1 saturated heterocycles. The molecule has 4 aromatic rings. The molecule has 1 aliphatic heterocycles. The molecular formula is C28H24FN3O3. The zero-order valence-electron chi connectivity index (χ0n) is 19.3. The lowest BCUT2D eigenvalue weighted by molar-refractivity contribution is 0.0536. The minimum Gasteiger partial charge on any atom is -0.497 e. The highest BCUT2D eigenvalue weighted by Crippen LogP contribution is 2.27. The van der Waals surface area contributed by atoms with Gasteiger partial charge in [0.25, 0.3) is 11.8 Å². The fourth-order valence-corrected chi connectivity index (χ4v) is 4.32. The summed E-state index contributed by atoms with van der Waals surface area (Å²) in [5.41, 5.74) is 3.37. The molecule has 1 fully saturated rings. The third-order valence-corrected chi connectivity index (χ3v) is 6.28. The first kappa shape index (κ1) is 22.5. The van der Waals surface area contributed by atoms with Crippen molar-refractivity contribution < 1.29 is 18.7 Å². The summed E-state index contributed by atoms with van der Waals surface area (Å²) in [6, 6.07) is 22.5. The molecule has 0 atom stereocenters. The van der Waals surface area contributed by atoms with E-state index in [-0.39, 0.29) is 17.6 Å². The molecule has 0 N–H and O–H groups in total. The van der Waals surface area contributed by atoms with Crippen LogP contribution in [-0.4, -0.2) is 59.9 Å². The Balaban J connectivity index is 1.38. The highest BCUT2D eigenvalue weighted by Gasteiger charge is 2.27. The Kier molecular flexibility index (Phi) is 6.14. The number of amides is 2. The number of benzene rings is 3. The van der Waals surface area contributed by atoms with Gasteiger partial charge in [0.1, 0.15) is 11.6 Å². The van der Waals surface area contributed by atoms with Crippen molar-refractivity contribution in [2.75, 3.05) is 33.3 Å². The van der Waals surface area contributed by atoms with E-state index in [1.165, 1.54) is 24.3 Å². The quantitative estimate of drug-likeness (QED) is 0.437. The van der Waals surface area contributed by atoms with Gasteiger partial charge in [0.2, 0.25) is 0 Å². The third-order valence-electron chi connectivity index (χ3n) is 6.28. The number of carbonyl (C=O) groups is 2. The normalized spacial score (nSPS) is 13.7. The molecule has 0 bridgehead atoms. The highest BCUT2D eigenvalue weighted by atomic mass is 19.1. The van der Waals surface area contributed by atoms with Crippen LogP contribution in [0.2, 0.25) is 0 Å². The maximum Gasteiger partial charge on any atom is 0.254 e. The summed E-state index contributed by atoms with van der Waals surface area (Å²) >= 11 is 0. The van der Waals surface area contributed by atoms with Crippen LogP contribution in [-0.2, 0) is 0 Å². The fourth-order valence-electron chi connectivity index (χ4n) is 4.32. The van der Waals surface area contributed by atoms with Gasteiger partial charge in [-0.25, -0.2) is 9.37 Å². The lowest BCUT2D eigenvalue weighted by Gasteiger charge is -2.35. The molecule has 5 rings (SSSR count). The van der Waals surface area contributed by atoms with Gasteiger partial charge >= 0.3 is 0 Å². The molecule has 0 spiro atoms. The summed E-state index contributed by atoms with van der Waals surface area (Å²) in [7, 11) is 1.62. The summed E-state index contributed by atoms with van der Waals surface area (Å²) < 4.78 is 18.4. The monoisotopic (exact) mass is 469 g/mol. The van der Waals surface area contributed by atoms with Gasteiger partial charge in [-0.2, -0.15) is 0 Å². The topological polar surface area (TPSA) is 62.7 Å². The number of ether oxygens (including phenoxy) is 1. The molecule has 7 heteroatoms. The predicted molar refractivity (Wildman–Crippen MR) is 132 cm³/mol. The number of hydrogen-bond donors (Lipinski definition) is 0. The number of aromatic nitrogens is 1. The van der Waals surface area contributed by atoms with Gasteiger partial charge in [0.15, 0.2) is 0 Å². The number of piperazine rings is 1. The number of fused-ring (bicyclic) bond motifs is 1. The van der Waals surface area contributed by atoms with Crippen molar-refractivity contribution in [2.24, 2.45) is 0 Å². The molecular weight excluding hydrogens is 445 g/mol. The van der Waals surface area contributed by atoms with Crippen LogP contribution in [0.5, 0.6) is 5.75 Å². The fraction of sp³-hybridized carbons (Fsp3) is 0.179. The molecule has 2 amide bonds. The summed E-state index contributed by atoms with van der Waals surface area (Å²) in [5.74, 6) is 0.120. The molecule has 0 radical (unpaired) electrons. The lowest BCUT2D eigenvalue weighted by atomic mass is 10.0. The van der Waals surface area contributed by atoms with Crippen molar-refractivity contribution in [1.29, 1.82) is 0 Å². The molecule has 3 aromatic carbocycles. The SMILES string of the molecule is COc1ccc(-c2cc(C(=O)N3CCN(C(=O)c4ccc(F)cc4)CC3)c3ccccc3n2)cc1. The van der Waals surface area contributed by atoms with Gasteiger partial charge in [-0.1, -0.05) is 18.2 Å². The average Bonchev–Trinajstić information content (AvgIpc) is 2.92. The van der Waals surface area contributed by atoms with E-state index in [1.807, 2.05) is 54.6 Å². The van der Waals surface area contributed by atoms with Crippen LogP contribution in [0, 0.1) is 5.82 Å². The Hall–Kier alpha value is -4.26. The van der Waals surface area contributed by atoms with Gasteiger partial charge in [0.05, 0.1) is 23.9 Å². The van der Waals surface area contributed by atoms with Gasteiger partial charge in [-0.3, -0.25) is 9.59 Å². The number of pyridine rings is 1. The number of para-hydroxylation sites is 1. The molecule has 1 aromatic heterocycles. The van der Waals surface area contributed by atoms with Crippen molar-refractivity contribution in [2.45, 2.75) is 0 Å². The lowest BCUT2D eigenvalue weighted by Crippen LogP contribution is -2.50. The smallest absolute Gasteiger partial charge is 0.254 e. The maximum absolute atomic E-state index is 13.6. The highest BCUT2D eigenvalue weighted by molar-refractivity contribution is 6.07. The first-order valence-electron chi connectivity index (χ1n) is 11.4. The van der Waals surface area contributed by atoms with Crippen LogP contribution in [0.3, 0.4) is 0 Å². The van der Waals surface area contributed by atoms with Crippen molar-refractivity contribution in [1.82, 2.24) is 14.8 Å². The molecule has 2 heterocycles. The maximum atomic E-state index is 13.6. The molecule has 0 saturated carbocycles. The van der Waals surface area contributed by atoms with Crippen LogP contribution in [0.25, 0.3) is 22.2 Å². The molecule has 0 aliphatic carbocycles. The number of nitrogens with zero attached hydrogens (tertiary/aromatic N) is 3. The summed E-state index contributed by atoms with van der Waals surface area (Å²) in [6.45, 7) is 1.66. The van der Waals surface area contributed by atoms with E-state index in [2.05, 4.69) is 0 Å².